The van der Waals surface area contributed by atoms with Crippen LogP contribution in [-0.4, -0.2) is 36.5 Å². The number of aromatic nitrogens is 3. The van der Waals surface area contributed by atoms with Gasteiger partial charge in [-0.1, -0.05) is 16.8 Å². The molecule has 0 atom stereocenters. The number of Topliss-reactive ketones (excluding diaryl/α,β-unsaturated/α-hetero) is 1. The molecule has 120 valence electrons. The smallest absolute Gasteiger partial charge is 0.323 e. The maximum atomic E-state index is 12.1. The minimum Gasteiger partial charge on any atom is -0.323 e. The third-order valence-electron chi connectivity index (χ3n) is 3.36. The Morgan fingerprint density at radius 3 is 2.70 bits per heavy atom. The number of benzene rings is 1. The second-order valence-corrected chi connectivity index (χ2v) is 6.91. The van der Waals surface area contributed by atoms with Gasteiger partial charge in [0.05, 0.1) is 24.0 Å². The number of hydrogen-bond acceptors (Lipinski definition) is 5. The van der Waals surface area contributed by atoms with Crippen molar-refractivity contribution in [2.45, 2.75) is 19.8 Å². The lowest BCUT2D eigenvalue weighted by atomic mass is 10.1. The van der Waals surface area contributed by atoms with Gasteiger partial charge in [-0.2, -0.15) is 0 Å². The van der Waals surface area contributed by atoms with Crippen molar-refractivity contribution in [1.82, 2.24) is 15.0 Å². The van der Waals surface area contributed by atoms with Crippen LogP contribution >= 0.6 is 7.60 Å². The molecular weight excluding hydrogens is 323 g/mol. The van der Waals surface area contributed by atoms with Crippen molar-refractivity contribution in [2.75, 3.05) is 4.90 Å². The van der Waals surface area contributed by atoms with Crippen molar-refractivity contribution >= 4 is 25.0 Å². The summed E-state index contributed by atoms with van der Waals surface area (Å²) >= 11 is 0. The molecule has 2 aromatic rings. The van der Waals surface area contributed by atoms with Gasteiger partial charge in [0, 0.05) is 0 Å². The number of carbonyl (C=O) groups excluding carboxylic acids is 2. The highest BCUT2D eigenvalue weighted by atomic mass is 31.2. The summed E-state index contributed by atoms with van der Waals surface area (Å²) in [5, 5.41) is 7.39. The van der Waals surface area contributed by atoms with E-state index in [-0.39, 0.29) is 6.54 Å². The molecule has 0 radical (unpaired) electrons. The summed E-state index contributed by atoms with van der Waals surface area (Å²) in [6.45, 7) is 1.83. The van der Waals surface area contributed by atoms with Crippen molar-refractivity contribution in [3.63, 3.8) is 0 Å². The van der Waals surface area contributed by atoms with Crippen LogP contribution in [0.1, 0.15) is 21.6 Å². The van der Waals surface area contributed by atoms with Gasteiger partial charge in [0.25, 0.3) is 11.7 Å². The summed E-state index contributed by atoms with van der Waals surface area (Å²) in [7, 11) is -4.26. The molecule has 0 fully saturated rings. The van der Waals surface area contributed by atoms with Gasteiger partial charge in [-0.15, -0.1) is 5.10 Å². The van der Waals surface area contributed by atoms with Gasteiger partial charge in [-0.3, -0.25) is 19.1 Å². The molecule has 0 unspecified atom stereocenters. The third kappa shape index (κ3) is 3.07. The van der Waals surface area contributed by atoms with E-state index < -0.39 is 25.6 Å². The van der Waals surface area contributed by atoms with Crippen LogP contribution in [-0.2, 0) is 22.2 Å². The van der Waals surface area contributed by atoms with E-state index in [1.165, 1.54) is 11.1 Å². The first-order valence-electron chi connectivity index (χ1n) is 6.65. The highest BCUT2D eigenvalue weighted by molar-refractivity contribution is 7.50. The van der Waals surface area contributed by atoms with Crippen molar-refractivity contribution in [3.8, 4) is 0 Å². The molecule has 2 heterocycles. The predicted molar refractivity (Wildman–Crippen MR) is 78.8 cm³/mol. The van der Waals surface area contributed by atoms with Gasteiger partial charge >= 0.3 is 7.60 Å². The predicted octanol–water partition coefficient (Wildman–Crippen LogP) is 0.451. The number of carbonyl (C=O) groups is 2. The number of rotatable bonds is 4. The second kappa shape index (κ2) is 5.38. The van der Waals surface area contributed by atoms with Crippen LogP contribution in [0.5, 0.6) is 0 Å². The molecule has 0 aliphatic carbocycles. The fraction of sp³-hybridized carbons (Fsp3) is 0.231. The number of ketones is 1. The van der Waals surface area contributed by atoms with Gasteiger partial charge in [0.1, 0.15) is 12.0 Å². The Hall–Kier alpha value is -2.35. The lowest BCUT2D eigenvalue weighted by Crippen LogP contribution is -2.29. The zero-order chi connectivity index (χ0) is 16.8. The molecule has 1 aliphatic heterocycles. The molecule has 9 nitrogen and oxygen atoms in total. The maximum absolute atomic E-state index is 12.1. The Morgan fingerprint density at radius 1 is 1.26 bits per heavy atom. The molecule has 0 saturated heterocycles. The molecule has 3 rings (SSSR count). The fourth-order valence-electron chi connectivity index (χ4n) is 2.40. The Balaban J connectivity index is 1.85. The molecule has 0 bridgehead atoms. The van der Waals surface area contributed by atoms with Crippen LogP contribution in [0.4, 0.5) is 5.69 Å². The zero-order valence-electron chi connectivity index (χ0n) is 12.1. The Morgan fingerprint density at radius 2 is 2.00 bits per heavy atom. The van der Waals surface area contributed by atoms with Crippen LogP contribution in [0.3, 0.4) is 0 Å². The van der Waals surface area contributed by atoms with Crippen molar-refractivity contribution in [3.05, 3.63) is 41.2 Å². The minimum atomic E-state index is -4.26. The average Bonchev–Trinajstić information content (AvgIpc) is 2.96. The SMILES string of the molecule is Cc1ccc2c(c1)C(=O)C(=O)N2Cc1cn(CP(=O)(O)O)nn1. The molecule has 0 spiro atoms. The zero-order valence-corrected chi connectivity index (χ0v) is 13.0. The van der Waals surface area contributed by atoms with Gasteiger partial charge in [-0.05, 0) is 19.1 Å². The van der Waals surface area contributed by atoms with Crippen molar-refractivity contribution in [1.29, 1.82) is 0 Å². The number of fused-ring (bicyclic) bond motifs is 1. The Bertz CT molecular complexity index is 856. The summed E-state index contributed by atoms with van der Waals surface area (Å²) in [4.78, 5) is 43.2. The average molecular weight is 336 g/mol. The molecule has 2 N–H and O–H groups in total. The molecule has 1 aliphatic rings. The number of nitrogens with zero attached hydrogens (tertiary/aromatic N) is 4. The summed E-state index contributed by atoms with van der Waals surface area (Å²) < 4.78 is 12.0. The molecule has 1 aromatic carbocycles. The van der Waals surface area contributed by atoms with Crippen LogP contribution in [0.2, 0.25) is 0 Å². The largest absolute Gasteiger partial charge is 0.346 e. The number of aryl methyl sites for hydroxylation is 1. The summed E-state index contributed by atoms with van der Waals surface area (Å²) in [5.41, 5.74) is 2.04. The molecule has 0 saturated carbocycles. The fourth-order valence-corrected chi connectivity index (χ4v) is 2.92. The van der Waals surface area contributed by atoms with Crippen LogP contribution < -0.4 is 4.90 Å². The summed E-state index contributed by atoms with van der Waals surface area (Å²) in [5.74, 6) is -1.23. The van der Waals surface area contributed by atoms with Gasteiger partial charge < -0.3 is 9.79 Å². The highest BCUT2D eigenvalue weighted by Gasteiger charge is 2.36. The Kier molecular flexibility index (Phi) is 3.63. The van der Waals surface area contributed by atoms with E-state index in [4.69, 9.17) is 9.79 Å². The van der Waals surface area contributed by atoms with Crippen LogP contribution in [0.15, 0.2) is 24.4 Å². The highest BCUT2D eigenvalue weighted by Crippen LogP contribution is 2.36. The first kappa shape index (κ1) is 15.5. The molecule has 1 aromatic heterocycles. The van der Waals surface area contributed by atoms with Crippen LogP contribution in [0, 0.1) is 6.92 Å². The molecule has 1 amide bonds. The van der Waals surface area contributed by atoms with E-state index in [9.17, 15) is 14.2 Å². The Labute approximate surface area is 130 Å². The topological polar surface area (TPSA) is 126 Å². The number of amides is 1. The first-order chi connectivity index (χ1) is 10.7. The van der Waals surface area contributed by atoms with Gasteiger partial charge in [-0.25, -0.2) is 4.68 Å². The second-order valence-electron chi connectivity index (χ2n) is 5.30. The lowest BCUT2D eigenvalue weighted by Gasteiger charge is -2.14. The van der Waals surface area contributed by atoms with E-state index >= 15 is 0 Å². The first-order valence-corrected chi connectivity index (χ1v) is 8.45. The van der Waals surface area contributed by atoms with E-state index in [0.717, 1.165) is 10.2 Å². The van der Waals surface area contributed by atoms with Crippen molar-refractivity contribution < 1.29 is 23.9 Å². The van der Waals surface area contributed by atoms with E-state index in [1.807, 2.05) is 6.92 Å². The van der Waals surface area contributed by atoms with Crippen molar-refractivity contribution in [2.24, 2.45) is 0 Å². The van der Waals surface area contributed by atoms with Crippen LogP contribution in [0.25, 0.3) is 0 Å². The monoisotopic (exact) mass is 336 g/mol. The van der Waals surface area contributed by atoms with E-state index in [2.05, 4.69) is 10.3 Å². The standard InChI is InChI=1S/C13H13N4O5P/c1-8-2-3-11-10(4-8)12(18)13(19)17(11)6-9-5-16(15-14-9)7-23(20,21)22/h2-5H,6-7H2,1H3,(H2,20,21,22). The molecular formula is C13H13N4O5P. The normalized spacial score (nSPS) is 14.5. The number of hydrogen-bond donors (Lipinski definition) is 2. The molecule has 23 heavy (non-hydrogen) atoms. The van der Waals surface area contributed by atoms with E-state index in [0.29, 0.717) is 16.9 Å². The third-order valence-corrected chi connectivity index (χ3v) is 4.02. The minimum absolute atomic E-state index is 0.00178. The summed E-state index contributed by atoms with van der Waals surface area (Å²) in [6.07, 6.45) is 0.742. The number of anilines is 1. The van der Waals surface area contributed by atoms with Gasteiger partial charge in [0.15, 0.2) is 0 Å². The maximum Gasteiger partial charge on any atom is 0.346 e. The van der Waals surface area contributed by atoms with Gasteiger partial charge in [0.2, 0.25) is 0 Å². The molecule has 10 heteroatoms. The van der Waals surface area contributed by atoms with E-state index in [1.54, 1.807) is 18.2 Å². The quantitative estimate of drug-likeness (QED) is 0.613. The summed E-state index contributed by atoms with van der Waals surface area (Å²) in [6, 6.07) is 5.14. The lowest BCUT2D eigenvalue weighted by molar-refractivity contribution is -0.114.